The molecule has 0 saturated carbocycles. The first kappa shape index (κ1) is 15.4. The number of aliphatic hydroxyl groups is 1. The van der Waals surface area contributed by atoms with Gasteiger partial charge in [0.2, 0.25) is 0 Å². The summed E-state index contributed by atoms with van der Waals surface area (Å²) in [5.74, 6) is 0.580. The Hall–Kier alpha value is -1.61. The number of benzene rings is 1. The number of ketones is 1. The quantitative estimate of drug-likeness (QED) is 0.733. The van der Waals surface area contributed by atoms with Crippen LogP contribution < -0.4 is 4.74 Å². The highest BCUT2D eigenvalue weighted by Crippen LogP contribution is 2.14. The fourth-order valence-electron chi connectivity index (χ4n) is 1.68. The predicted octanol–water partition coefficient (Wildman–Crippen LogP) is 2.91. The van der Waals surface area contributed by atoms with Crippen LogP contribution >= 0.6 is 0 Å². The molecule has 0 aromatic heterocycles. The van der Waals surface area contributed by atoms with Crippen LogP contribution in [0.3, 0.4) is 0 Å². The molecule has 1 aromatic carbocycles. The Bertz CT molecular complexity index is 420. The number of carbonyl (C=O) groups excluding carboxylic acids is 1. The predicted molar refractivity (Wildman–Crippen MR) is 76.4 cm³/mol. The molecule has 1 atom stereocenters. The number of aliphatic hydroxyl groups excluding tert-OH is 1. The van der Waals surface area contributed by atoms with Gasteiger partial charge in [0.1, 0.15) is 12.4 Å². The monoisotopic (exact) mass is 262 g/mol. The lowest BCUT2D eigenvalue weighted by Crippen LogP contribution is -2.21. The zero-order valence-corrected chi connectivity index (χ0v) is 11.7. The van der Waals surface area contributed by atoms with E-state index in [1.54, 1.807) is 6.92 Å². The zero-order valence-electron chi connectivity index (χ0n) is 11.7. The van der Waals surface area contributed by atoms with Crippen molar-refractivity contribution in [2.75, 3.05) is 6.61 Å². The zero-order chi connectivity index (χ0) is 14.3. The molecular weight excluding hydrogens is 240 g/mol. The molecule has 0 heterocycles. The summed E-state index contributed by atoms with van der Waals surface area (Å²) in [6, 6.07) is 7.81. The second kappa shape index (κ2) is 7.74. The van der Waals surface area contributed by atoms with Crippen molar-refractivity contribution in [1.29, 1.82) is 0 Å². The van der Waals surface area contributed by atoms with Gasteiger partial charge in [-0.05, 0) is 36.6 Å². The van der Waals surface area contributed by atoms with E-state index in [0.29, 0.717) is 11.3 Å². The first-order valence-corrected chi connectivity index (χ1v) is 6.61. The van der Waals surface area contributed by atoms with E-state index < -0.39 is 6.10 Å². The van der Waals surface area contributed by atoms with Gasteiger partial charge in [-0.3, -0.25) is 4.79 Å². The third-order valence-electron chi connectivity index (χ3n) is 2.80. The Balaban J connectivity index is 2.39. The van der Waals surface area contributed by atoms with Crippen molar-refractivity contribution in [3.63, 3.8) is 0 Å². The van der Waals surface area contributed by atoms with Gasteiger partial charge in [-0.25, -0.2) is 0 Å². The number of allylic oxidation sites excluding steroid dienone is 1. The van der Waals surface area contributed by atoms with Crippen LogP contribution in [0.15, 0.2) is 36.4 Å². The molecule has 0 amide bonds. The molecule has 0 fully saturated rings. The first-order chi connectivity index (χ1) is 9.02. The van der Waals surface area contributed by atoms with Gasteiger partial charge in [0.25, 0.3) is 0 Å². The summed E-state index contributed by atoms with van der Waals surface area (Å²) in [5.41, 5.74) is 1.73. The molecule has 19 heavy (non-hydrogen) atoms. The van der Waals surface area contributed by atoms with E-state index in [1.807, 2.05) is 24.3 Å². The maximum absolute atomic E-state index is 11.4. The Morgan fingerprint density at radius 1 is 1.37 bits per heavy atom. The number of hydrogen-bond acceptors (Lipinski definition) is 3. The molecular formula is C16H22O3. The molecule has 1 rings (SSSR count). The van der Waals surface area contributed by atoms with E-state index in [1.165, 1.54) is 5.56 Å². The van der Waals surface area contributed by atoms with Crippen molar-refractivity contribution in [2.24, 2.45) is 0 Å². The van der Waals surface area contributed by atoms with E-state index in [-0.39, 0.29) is 18.8 Å². The van der Waals surface area contributed by atoms with Crippen LogP contribution in [-0.2, 0) is 11.2 Å². The molecule has 0 aliphatic heterocycles. The molecule has 0 spiro atoms. The first-order valence-electron chi connectivity index (χ1n) is 6.61. The summed E-state index contributed by atoms with van der Waals surface area (Å²) in [6.45, 7) is 7.45. The smallest absolute Gasteiger partial charge is 0.160 e. The number of aryl methyl sites for hydroxylation is 1. The summed E-state index contributed by atoms with van der Waals surface area (Å²) < 4.78 is 5.45. The van der Waals surface area contributed by atoms with Gasteiger partial charge in [-0.15, -0.1) is 0 Å². The molecule has 3 nitrogen and oxygen atoms in total. The van der Waals surface area contributed by atoms with Gasteiger partial charge in [0, 0.05) is 6.42 Å². The fourth-order valence-corrected chi connectivity index (χ4v) is 1.68. The van der Waals surface area contributed by atoms with E-state index in [9.17, 15) is 9.90 Å². The van der Waals surface area contributed by atoms with Gasteiger partial charge in [-0.2, -0.15) is 0 Å². The number of carbonyl (C=O) groups is 1. The summed E-state index contributed by atoms with van der Waals surface area (Å²) >= 11 is 0. The lowest BCUT2D eigenvalue weighted by Gasteiger charge is -2.12. The molecule has 0 aliphatic carbocycles. The SMILES string of the molecule is C=C(C)C(=O)CC(O)COc1ccc(CCC)cc1. The van der Waals surface area contributed by atoms with Crippen LogP contribution in [-0.4, -0.2) is 23.6 Å². The molecule has 0 aliphatic rings. The van der Waals surface area contributed by atoms with Crippen molar-refractivity contribution in [2.45, 2.75) is 39.2 Å². The van der Waals surface area contributed by atoms with Crippen molar-refractivity contribution in [1.82, 2.24) is 0 Å². The topological polar surface area (TPSA) is 46.5 Å². The third-order valence-corrected chi connectivity index (χ3v) is 2.80. The molecule has 0 bridgehead atoms. The van der Waals surface area contributed by atoms with E-state index in [4.69, 9.17) is 4.74 Å². The summed E-state index contributed by atoms with van der Waals surface area (Å²) in [5, 5.41) is 9.68. The van der Waals surface area contributed by atoms with Crippen LogP contribution in [0.5, 0.6) is 5.75 Å². The molecule has 0 radical (unpaired) electrons. The van der Waals surface area contributed by atoms with E-state index in [2.05, 4.69) is 13.5 Å². The van der Waals surface area contributed by atoms with Crippen LogP contribution in [0, 0.1) is 0 Å². The molecule has 1 unspecified atom stereocenters. The summed E-state index contributed by atoms with van der Waals surface area (Å²) in [7, 11) is 0. The standard InChI is InChI=1S/C16H22O3/c1-4-5-13-6-8-15(9-7-13)19-11-14(17)10-16(18)12(2)3/h6-9,14,17H,2,4-5,10-11H2,1,3H3. The third kappa shape index (κ3) is 5.71. The summed E-state index contributed by atoms with van der Waals surface area (Å²) in [6.07, 6.45) is 1.43. The largest absolute Gasteiger partial charge is 0.491 e. The maximum atomic E-state index is 11.4. The van der Waals surface area contributed by atoms with Crippen LogP contribution in [0.4, 0.5) is 0 Å². The van der Waals surface area contributed by atoms with Crippen LogP contribution in [0.2, 0.25) is 0 Å². The minimum atomic E-state index is -0.792. The molecule has 1 aromatic rings. The minimum Gasteiger partial charge on any atom is -0.491 e. The fraction of sp³-hybridized carbons (Fsp3) is 0.438. The normalized spacial score (nSPS) is 11.9. The van der Waals surface area contributed by atoms with Gasteiger partial charge in [-0.1, -0.05) is 32.1 Å². The van der Waals surface area contributed by atoms with Crippen molar-refractivity contribution in [3.05, 3.63) is 42.0 Å². The average molecular weight is 262 g/mol. The van der Waals surface area contributed by atoms with Crippen molar-refractivity contribution in [3.8, 4) is 5.75 Å². The Kier molecular flexibility index (Phi) is 6.30. The lowest BCUT2D eigenvalue weighted by atomic mass is 10.1. The van der Waals surface area contributed by atoms with E-state index >= 15 is 0 Å². The number of Topliss-reactive ketones (excluding diaryl/α,β-unsaturated/α-hetero) is 1. The second-order valence-corrected chi connectivity index (χ2v) is 4.77. The van der Waals surface area contributed by atoms with Crippen molar-refractivity contribution < 1.29 is 14.6 Å². The maximum Gasteiger partial charge on any atom is 0.160 e. The number of ether oxygens (including phenoxy) is 1. The Morgan fingerprint density at radius 2 is 2.00 bits per heavy atom. The summed E-state index contributed by atoms with van der Waals surface area (Å²) in [4.78, 5) is 11.4. The Morgan fingerprint density at radius 3 is 2.53 bits per heavy atom. The van der Waals surface area contributed by atoms with Crippen molar-refractivity contribution >= 4 is 5.78 Å². The second-order valence-electron chi connectivity index (χ2n) is 4.77. The van der Waals surface area contributed by atoms with Crippen LogP contribution in [0.1, 0.15) is 32.3 Å². The van der Waals surface area contributed by atoms with Gasteiger partial charge < -0.3 is 9.84 Å². The highest BCUT2D eigenvalue weighted by Gasteiger charge is 2.12. The van der Waals surface area contributed by atoms with E-state index in [0.717, 1.165) is 12.8 Å². The minimum absolute atomic E-state index is 0.0588. The number of hydrogen-bond donors (Lipinski definition) is 1. The molecule has 3 heteroatoms. The van der Waals surface area contributed by atoms with Gasteiger partial charge in [0.05, 0.1) is 6.10 Å². The number of rotatable bonds is 8. The molecule has 104 valence electrons. The van der Waals surface area contributed by atoms with Gasteiger partial charge >= 0.3 is 0 Å². The Labute approximate surface area is 114 Å². The highest BCUT2D eigenvalue weighted by molar-refractivity contribution is 5.94. The highest BCUT2D eigenvalue weighted by atomic mass is 16.5. The molecule has 1 N–H and O–H groups in total. The lowest BCUT2D eigenvalue weighted by molar-refractivity contribution is -0.117. The molecule has 0 saturated heterocycles. The van der Waals surface area contributed by atoms with Crippen LogP contribution in [0.25, 0.3) is 0 Å². The average Bonchev–Trinajstić information content (AvgIpc) is 2.38. The van der Waals surface area contributed by atoms with Gasteiger partial charge in [0.15, 0.2) is 5.78 Å².